The van der Waals surface area contributed by atoms with Crippen molar-refractivity contribution in [3.8, 4) is 0 Å². The molecule has 1 heterocycles. The molecule has 1 aromatic heterocycles. The number of hydrogen-bond donors (Lipinski definition) is 3. The molecule has 21 heavy (non-hydrogen) atoms. The highest BCUT2D eigenvalue weighted by molar-refractivity contribution is 5.97. The smallest absolute Gasteiger partial charge is 0.255 e. The summed E-state index contributed by atoms with van der Waals surface area (Å²) in [5.41, 5.74) is -0.340. The molecule has 6 heteroatoms. The standard InChI is InChI=1S/C15H22N2O4/c1-10-7-12(11(2)21-10)14(19)16-8-13(18)17-9-15(20)5-3-4-6-15/h7,20H,3-6,8-9H2,1-2H3,(H,16,19)(H,17,18). The molecule has 0 bridgehead atoms. The molecule has 1 aromatic rings. The van der Waals surface area contributed by atoms with Crippen molar-refractivity contribution in [2.75, 3.05) is 13.1 Å². The fourth-order valence-electron chi connectivity index (χ4n) is 2.65. The van der Waals surface area contributed by atoms with Gasteiger partial charge >= 0.3 is 0 Å². The summed E-state index contributed by atoms with van der Waals surface area (Å²) < 4.78 is 5.28. The van der Waals surface area contributed by atoms with E-state index in [1.54, 1.807) is 19.9 Å². The zero-order valence-electron chi connectivity index (χ0n) is 12.5. The highest BCUT2D eigenvalue weighted by atomic mass is 16.3. The number of hydrogen-bond acceptors (Lipinski definition) is 4. The Bertz CT molecular complexity index is 530. The van der Waals surface area contributed by atoms with Gasteiger partial charge in [0.25, 0.3) is 5.91 Å². The number of aryl methyl sites for hydroxylation is 2. The first-order valence-corrected chi connectivity index (χ1v) is 7.24. The Hall–Kier alpha value is -1.82. The van der Waals surface area contributed by atoms with Gasteiger partial charge in [0.2, 0.25) is 5.91 Å². The van der Waals surface area contributed by atoms with Gasteiger partial charge in [-0.25, -0.2) is 0 Å². The van der Waals surface area contributed by atoms with Gasteiger partial charge in [-0.05, 0) is 32.8 Å². The van der Waals surface area contributed by atoms with Crippen LogP contribution in [0.2, 0.25) is 0 Å². The molecule has 1 aliphatic rings. The van der Waals surface area contributed by atoms with Crippen LogP contribution in [0.3, 0.4) is 0 Å². The van der Waals surface area contributed by atoms with Gasteiger partial charge in [-0.1, -0.05) is 12.8 Å². The van der Waals surface area contributed by atoms with Crippen LogP contribution in [-0.2, 0) is 4.79 Å². The second-order valence-electron chi connectivity index (χ2n) is 5.72. The van der Waals surface area contributed by atoms with E-state index in [1.807, 2.05) is 0 Å². The second-order valence-corrected chi connectivity index (χ2v) is 5.72. The van der Waals surface area contributed by atoms with Crippen LogP contribution >= 0.6 is 0 Å². The molecule has 0 spiro atoms. The summed E-state index contributed by atoms with van der Waals surface area (Å²) in [6, 6.07) is 1.64. The summed E-state index contributed by atoms with van der Waals surface area (Å²) in [4.78, 5) is 23.6. The lowest BCUT2D eigenvalue weighted by molar-refractivity contribution is -0.121. The zero-order valence-corrected chi connectivity index (χ0v) is 12.5. The molecule has 116 valence electrons. The molecule has 0 aromatic carbocycles. The molecule has 0 atom stereocenters. The zero-order chi connectivity index (χ0) is 15.5. The highest BCUT2D eigenvalue weighted by Gasteiger charge is 2.31. The largest absolute Gasteiger partial charge is 0.466 e. The van der Waals surface area contributed by atoms with Crippen molar-refractivity contribution in [1.29, 1.82) is 0 Å². The van der Waals surface area contributed by atoms with E-state index in [1.165, 1.54) is 0 Å². The van der Waals surface area contributed by atoms with Crippen LogP contribution in [0.25, 0.3) is 0 Å². The Balaban J connectivity index is 1.76. The predicted molar refractivity (Wildman–Crippen MR) is 76.9 cm³/mol. The van der Waals surface area contributed by atoms with Gasteiger partial charge in [0.15, 0.2) is 0 Å². The minimum Gasteiger partial charge on any atom is -0.466 e. The molecule has 2 amide bonds. The van der Waals surface area contributed by atoms with Crippen molar-refractivity contribution >= 4 is 11.8 Å². The minimum atomic E-state index is -0.780. The first-order chi connectivity index (χ1) is 9.89. The van der Waals surface area contributed by atoms with Gasteiger partial charge in [-0.2, -0.15) is 0 Å². The van der Waals surface area contributed by atoms with Crippen LogP contribution in [0.5, 0.6) is 0 Å². The Morgan fingerprint density at radius 1 is 1.29 bits per heavy atom. The summed E-state index contributed by atoms with van der Waals surface area (Å²) in [6.45, 7) is 3.60. The van der Waals surface area contributed by atoms with E-state index in [0.29, 0.717) is 29.9 Å². The maximum Gasteiger partial charge on any atom is 0.255 e. The normalized spacial score (nSPS) is 16.7. The fourth-order valence-corrected chi connectivity index (χ4v) is 2.65. The molecule has 6 nitrogen and oxygen atoms in total. The Labute approximate surface area is 123 Å². The van der Waals surface area contributed by atoms with E-state index in [2.05, 4.69) is 10.6 Å². The van der Waals surface area contributed by atoms with Gasteiger partial charge in [-0.15, -0.1) is 0 Å². The van der Waals surface area contributed by atoms with Gasteiger partial charge in [-0.3, -0.25) is 9.59 Å². The van der Waals surface area contributed by atoms with Crippen LogP contribution in [0.15, 0.2) is 10.5 Å². The van der Waals surface area contributed by atoms with Crippen molar-refractivity contribution in [3.05, 3.63) is 23.2 Å². The van der Waals surface area contributed by atoms with Crippen molar-refractivity contribution < 1.29 is 19.1 Å². The first-order valence-electron chi connectivity index (χ1n) is 7.24. The van der Waals surface area contributed by atoms with E-state index in [-0.39, 0.29) is 24.9 Å². The molecule has 0 saturated heterocycles. The van der Waals surface area contributed by atoms with Crippen LogP contribution in [-0.4, -0.2) is 35.6 Å². The Morgan fingerprint density at radius 2 is 1.95 bits per heavy atom. The lowest BCUT2D eigenvalue weighted by Gasteiger charge is -2.22. The number of aliphatic hydroxyl groups is 1. The third-order valence-electron chi connectivity index (χ3n) is 3.84. The number of carbonyl (C=O) groups is 2. The van der Waals surface area contributed by atoms with E-state index in [4.69, 9.17) is 4.42 Å². The third kappa shape index (κ3) is 4.07. The predicted octanol–water partition coefficient (Wildman–Crippen LogP) is 1.05. The summed E-state index contributed by atoms with van der Waals surface area (Å²) in [6.07, 6.45) is 3.41. The number of rotatable bonds is 5. The van der Waals surface area contributed by atoms with Gasteiger partial charge in [0, 0.05) is 6.54 Å². The molecule has 2 rings (SSSR count). The minimum absolute atomic E-state index is 0.113. The number of nitrogens with one attached hydrogen (secondary N) is 2. The van der Waals surface area contributed by atoms with Gasteiger partial charge in [0.1, 0.15) is 11.5 Å². The molecule has 0 aliphatic heterocycles. The topological polar surface area (TPSA) is 91.6 Å². The Morgan fingerprint density at radius 3 is 2.52 bits per heavy atom. The van der Waals surface area contributed by atoms with Crippen LogP contribution in [0, 0.1) is 13.8 Å². The van der Waals surface area contributed by atoms with Crippen molar-refractivity contribution in [2.45, 2.75) is 45.1 Å². The van der Waals surface area contributed by atoms with Crippen molar-refractivity contribution in [1.82, 2.24) is 10.6 Å². The number of carbonyl (C=O) groups excluding carboxylic acids is 2. The van der Waals surface area contributed by atoms with E-state index < -0.39 is 5.60 Å². The molecule has 3 N–H and O–H groups in total. The second kappa shape index (κ2) is 6.30. The highest BCUT2D eigenvalue weighted by Crippen LogP contribution is 2.28. The summed E-state index contributed by atoms with van der Waals surface area (Å²) in [5.74, 6) is 0.553. The van der Waals surface area contributed by atoms with Crippen LogP contribution < -0.4 is 10.6 Å². The lowest BCUT2D eigenvalue weighted by atomic mass is 10.0. The van der Waals surface area contributed by atoms with Crippen LogP contribution in [0.1, 0.15) is 47.6 Å². The SMILES string of the molecule is Cc1cc(C(=O)NCC(=O)NCC2(O)CCCC2)c(C)o1. The van der Waals surface area contributed by atoms with Crippen molar-refractivity contribution in [3.63, 3.8) is 0 Å². The first kappa shape index (κ1) is 15.6. The molecule has 0 unspecified atom stereocenters. The Kier molecular flexibility index (Phi) is 4.67. The molecule has 1 saturated carbocycles. The molecule has 1 fully saturated rings. The quantitative estimate of drug-likeness (QED) is 0.757. The van der Waals surface area contributed by atoms with Crippen LogP contribution in [0.4, 0.5) is 0 Å². The third-order valence-corrected chi connectivity index (χ3v) is 3.84. The maximum absolute atomic E-state index is 11.9. The summed E-state index contributed by atoms with van der Waals surface area (Å²) in [7, 11) is 0. The van der Waals surface area contributed by atoms with E-state index in [9.17, 15) is 14.7 Å². The van der Waals surface area contributed by atoms with Gasteiger partial charge in [0.05, 0.1) is 17.7 Å². The number of furan rings is 1. The van der Waals surface area contributed by atoms with Crippen molar-refractivity contribution in [2.24, 2.45) is 0 Å². The summed E-state index contributed by atoms with van der Waals surface area (Å²) in [5, 5.41) is 15.3. The average molecular weight is 294 g/mol. The van der Waals surface area contributed by atoms with E-state index in [0.717, 1.165) is 12.8 Å². The van der Waals surface area contributed by atoms with Gasteiger partial charge < -0.3 is 20.2 Å². The lowest BCUT2D eigenvalue weighted by Crippen LogP contribution is -2.44. The number of amides is 2. The monoisotopic (exact) mass is 294 g/mol. The average Bonchev–Trinajstić information content (AvgIpc) is 3.00. The molecule has 1 aliphatic carbocycles. The molecule has 0 radical (unpaired) electrons. The maximum atomic E-state index is 11.9. The molecular formula is C15H22N2O4. The fraction of sp³-hybridized carbons (Fsp3) is 0.600. The summed E-state index contributed by atoms with van der Waals surface area (Å²) >= 11 is 0. The van der Waals surface area contributed by atoms with E-state index >= 15 is 0 Å². The molecular weight excluding hydrogens is 272 g/mol.